The van der Waals surface area contributed by atoms with Gasteiger partial charge in [-0.15, -0.1) is 12.3 Å². The number of unbranched alkanes of at least 4 members (excludes halogenated alkanes) is 2. The van der Waals surface area contributed by atoms with Crippen LogP contribution in [0.4, 0.5) is 4.39 Å². The van der Waals surface area contributed by atoms with Gasteiger partial charge in [0, 0.05) is 13.0 Å². The lowest BCUT2D eigenvalue weighted by Gasteiger charge is -2.08. The van der Waals surface area contributed by atoms with E-state index < -0.39 is 15.8 Å². The van der Waals surface area contributed by atoms with E-state index in [2.05, 4.69) is 10.6 Å². The fraction of sp³-hybridized carbons (Fsp3) is 0.333. The van der Waals surface area contributed by atoms with Crippen LogP contribution in [0, 0.1) is 18.2 Å². The molecule has 1 aromatic rings. The highest BCUT2D eigenvalue weighted by atomic mass is 35.5. The normalized spacial score (nSPS) is 11.2. The Bertz CT molecular complexity index is 552. The van der Waals surface area contributed by atoms with Crippen LogP contribution in [0.2, 0.25) is 5.02 Å². The van der Waals surface area contributed by atoms with Gasteiger partial charge in [-0.25, -0.2) is 17.5 Å². The number of hydrogen-bond acceptors (Lipinski definition) is 2. The van der Waals surface area contributed by atoms with Crippen molar-refractivity contribution in [2.45, 2.75) is 24.2 Å². The van der Waals surface area contributed by atoms with Crippen LogP contribution in [0.3, 0.4) is 0 Å². The molecule has 98 valence electrons. The third-order valence-electron chi connectivity index (χ3n) is 2.22. The lowest BCUT2D eigenvalue weighted by Crippen LogP contribution is -2.25. The van der Waals surface area contributed by atoms with Crippen molar-refractivity contribution >= 4 is 21.6 Å². The minimum atomic E-state index is -3.77. The van der Waals surface area contributed by atoms with E-state index in [1.165, 1.54) is 6.07 Å². The van der Waals surface area contributed by atoms with Gasteiger partial charge in [-0.3, -0.25) is 0 Å². The van der Waals surface area contributed by atoms with Gasteiger partial charge >= 0.3 is 0 Å². The molecule has 1 rings (SSSR count). The van der Waals surface area contributed by atoms with Gasteiger partial charge in [-0.05, 0) is 31.0 Å². The van der Waals surface area contributed by atoms with Gasteiger partial charge in [0.15, 0.2) is 0 Å². The Morgan fingerprint density at radius 1 is 1.39 bits per heavy atom. The van der Waals surface area contributed by atoms with Gasteiger partial charge in [-0.1, -0.05) is 11.6 Å². The van der Waals surface area contributed by atoms with Gasteiger partial charge < -0.3 is 0 Å². The fourth-order valence-electron chi connectivity index (χ4n) is 1.32. The van der Waals surface area contributed by atoms with Crippen LogP contribution in [0.5, 0.6) is 0 Å². The summed E-state index contributed by atoms with van der Waals surface area (Å²) in [5.41, 5.74) is 0. The number of rotatable bonds is 6. The van der Waals surface area contributed by atoms with E-state index in [1.54, 1.807) is 0 Å². The van der Waals surface area contributed by atoms with Crippen molar-refractivity contribution < 1.29 is 12.8 Å². The number of benzene rings is 1. The Labute approximate surface area is 111 Å². The Morgan fingerprint density at radius 3 is 2.78 bits per heavy atom. The molecule has 6 heteroatoms. The van der Waals surface area contributed by atoms with Crippen molar-refractivity contribution in [3.8, 4) is 12.3 Å². The van der Waals surface area contributed by atoms with Gasteiger partial charge in [0.05, 0.1) is 5.02 Å². The summed E-state index contributed by atoms with van der Waals surface area (Å²) in [5, 5.41) is -0.00692. The molecular weight excluding hydrogens is 277 g/mol. The maximum absolute atomic E-state index is 13.0. The van der Waals surface area contributed by atoms with Crippen molar-refractivity contribution in [1.29, 1.82) is 0 Å². The number of halogens is 2. The van der Waals surface area contributed by atoms with Gasteiger partial charge in [0.2, 0.25) is 10.0 Å². The quantitative estimate of drug-likeness (QED) is 0.646. The fourth-order valence-corrected chi connectivity index (χ4v) is 2.90. The van der Waals surface area contributed by atoms with Crippen LogP contribution in [-0.4, -0.2) is 15.0 Å². The molecule has 1 aromatic carbocycles. The molecule has 0 saturated heterocycles. The molecule has 0 amide bonds. The number of nitrogens with one attached hydrogen (secondary N) is 1. The lowest BCUT2D eigenvalue weighted by atomic mass is 10.2. The van der Waals surface area contributed by atoms with Gasteiger partial charge in [0.25, 0.3) is 0 Å². The molecular formula is C12H13ClFNO2S. The smallest absolute Gasteiger partial charge is 0.211 e. The second kappa shape index (κ2) is 6.74. The first-order valence-corrected chi connectivity index (χ1v) is 7.21. The summed E-state index contributed by atoms with van der Waals surface area (Å²) >= 11 is 5.73. The molecule has 0 saturated carbocycles. The third-order valence-corrected chi connectivity index (χ3v) is 4.17. The molecule has 0 radical (unpaired) electrons. The van der Waals surface area contributed by atoms with Crippen LogP contribution in [0.1, 0.15) is 19.3 Å². The van der Waals surface area contributed by atoms with Gasteiger partial charge in [0.1, 0.15) is 10.7 Å². The number of terminal acetylenes is 1. The molecule has 0 spiro atoms. The van der Waals surface area contributed by atoms with Crippen LogP contribution >= 0.6 is 11.6 Å². The topological polar surface area (TPSA) is 46.2 Å². The molecule has 0 aromatic heterocycles. The Kier molecular flexibility index (Phi) is 5.60. The van der Waals surface area contributed by atoms with E-state index in [9.17, 15) is 12.8 Å². The number of hydrogen-bond donors (Lipinski definition) is 1. The molecule has 0 unspecified atom stereocenters. The SMILES string of the molecule is C#CCCCCNS(=O)(=O)c1cc(F)ccc1Cl. The first kappa shape index (κ1) is 15.0. The standard InChI is InChI=1S/C12H13ClFNO2S/c1-2-3-4-5-8-15-18(16,17)12-9-10(14)6-7-11(12)13/h1,6-7,9,15H,3-5,8H2. The molecule has 1 N–H and O–H groups in total. The summed E-state index contributed by atoms with van der Waals surface area (Å²) in [5.74, 6) is 1.82. The van der Waals surface area contributed by atoms with Crippen molar-refractivity contribution in [2.75, 3.05) is 6.54 Å². The molecule has 0 aliphatic carbocycles. The summed E-state index contributed by atoms with van der Waals surface area (Å²) in [7, 11) is -3.77. The predicted octanol–water partition coefficient (Wildman–Crippen LogP) is 2.56. The van der Waals surface area contributed by atoms with Crippen molar-refractivity contribution in [1.82, 2.24) is 4.72 Å². The highest BCUT2D eigenvalue weighted by molar-refractivity contribution is 7.89. The molecule has 18 heavy (non-hydrogen) atoms. The predicted molar refractivity (Wildman–Crippen MR) is 69.3 cm³/mol. The second-order valence-corrected chi connectivity index (χ2v) is 5.78. The monoisotopic (exact) mass is 289 g/mol. The van der Waals surface area contributed by atoms with Crippen LogP contribution in [0.15, 0.2) is 23.1 Å². The van der Waals surface area contributed by atoms with E-state index in [1.807, 2.05) is 0 Å². The maximum Gasteiger partial charge on any atom is 0.242 e. The van der Waals surface area contributed by atoms with Gasteiger partial charge in [-0.2, -0.15) is 0 Å². The van der Waals surface area contributed by atoms with Crippen LogP contribution in [0.25, 0.3) is 0 Å². The first-order valence-electron chi connectivity index (χ1n) is 5.35. The molecule has 0 heterocycles. The molecule has 0 atom stereocenters. The average molecular weight is 290 g/mol. The minimum Gasteiger partial charge on any atom is -0.211 e. The molecule has 0 fully saturated rings. The third kappa shape index (κ3) is 4.30. The van der Waals surface area contributed by atoms with E-state index in [0.29, 0.717) is 12.8 Å². The zero-order chi connectivity index (χ0) is 13.6. The largest absolute Gasteiger partial charge is 0.242 e. The molecule has 0 aliphatic rings. The van der Waals surface area contributed by atoms with Crippen molar-refractivity contribution in [3.63, 3.8) is 0 Å². The second-order valence-electron chi connectivity index (χ2n) is 3.63. The Morgan fingerprint density at radius 2 is 2.11 bits per heavy atom. The van der Waals surface area contributed by atoms with Crippen LogP contribution < -0.4 is 4.72 Å². The molecule has 0 bridgehead atoms. The summed E-state index contributed by atoms with van der Waals surface area (Å²) in [6.07, 6.45) is 7.03. The summed E-state index contributed by atoms with van der Waals surface area (Å²) < 4.78 is 39.0. The Balaban J connectivity index is 2.69. The maximum atomic E-state index is 13.0. The highest BCUT2D eigenvalue weighted by Gasteiger charge is 2.17. The highest BCUT2D eigenvalue weighted by Crippen LogP contribution is 2.21. The lowest BCUT2D eigenvalue weighted by molar-refractivity contribution is 0.574. The minimum absolute atomic E-state index is 0.00692. The van der Waals surface area contributed by atoms with E-state index in [0.717, 1.165) is 18.6 Å². The van der Waals surface area contributed by atoms with E-state index in [-0.39, 0.29) is 16.5 Å². The molecule has 0 aliphatic heterocycles. The van der Waals surface area contributed by atoms with E-state index in [4.69, 9.17) is 18.0 Å². The summed E-state index contributed by atoms with van der Waals surface area (Å²) in [6.45, 7) is 0.247. The summed E-state index contributed by atoms with van der Waals surface area (Å²) in [4.78, 5) is -0.249. The zero-order valence-electron chi connectivity index (χ0n) is 9.62. The summed E-state index contributed by atoms with van der Waals surface area (Å²) in [6, 6.07) is 3.21. The zero-order valence-corrected chi connectivity index (χ0v) is 11.2. The van der Waals surface area contributed by atoms with E-state index >= 15 is 0 Å². The van der Waals surface area contributed by atoms with Crippen LogP contribution in [-0.2, 0) is 10.0 Å². The Hall–Kier alpha value is -1.09. The van der Waals surface area contributed by atoms with Crippen molar-refractivity contribution in [3.05, 3.63) is 29.0 Å². The number of sulfonamides is 1. The average Bonchev–Trinajstić information content (AvgIpc) is 2.32. The molecule has 3 nitrogen and oxygen atoms in total. The first-order chi connectivity index (χ1) is 8.47. The van der Waals surface area contributed by atoms with Crippen molar-refractivity contribution in [2.24, 2.45) is 0 Å².